The number of nitrogen functional groups attached to an aromatic ring is 1. The molecule has 0 amide bonds. The molecule has 1 fully saturated rings. The fraction of sp³-hybridized carbons (Fsp3) is 0.333. The maximum atomic E-state index is 11.1. The zero-order chi connectivity index (χ0) is 18.0. The molecule has 0 atom stereocenters. The van der Waals surface area contributed by atoms with Crippen molar-refractivity contribution in [3.05, 3.63) is 39.5 Å². The second-order valence-corrected chi connectivity index (χ2v) is 6.20. The van der Waals surface area contributed by atoms with Crippen LogP contribution in [0.3, 0.4) is 0 Å². The van der Waals surface area contributed by atoms with Crippen LogP contribution < -0.4 is 16.0 Å². The van der Waals surface area contributed by atoms with Crippen molar-refractivity contribution >= 4 is 40.4 Å². The van der Waals surface area contributed by atoms with E-state index in [2.05, 4.69) is 32.1 Å². The number of benzene rings is 1. The average molecular weight is 364 g/mol. The standard InChI is InChI=1S/C15H18ClN7O2/c1-21-4-6-22(7-5-21)12-3-2-10(23(24)25)8-11(12)18-14-9-13(16)19-15(17)20-14/h2-3,8-9H,4-7H2,1H3,(H3,17,18,19,20). The lowest BCUT2D eigenvalue weighted by Crippen LogP contribution is -2.44. The van der Waals surface area contributed by atoms with Crippen molar-refractivity contribution in [2.24, 2.45) is 0 Å². The van der Waals surface area contributed by atoms with Gasteiger partial charge in [-0.2, -0.15) is 4.98 Å². The molecule has 0 spiro atoms. The maximum absolute atomic E-state index is 11.1. The molecule has 10 heteroatoms. The number of nitrogens with one attached hydrogen (secondary N) is 1. The van der Waals surface area contributed by atoms with Crippen molar-refractivity contribution in [1.29, 1.82) is 0 Å². The molecule has 0 bridgehead atoms. The van der Waals surface area contributed by atoms with Crippen LogP contribution in [0.4, 0.5) is 28.8 Å². The zero-order valence-electron chi connectivity index (χ0n) is 13.6. The van der Waals surface area contributed by atoms with Crippen LogP contribution in [-0.2, 0) is 0 Å². The maximum Gasteiger partial charge on any atom is 0.271 e. The Balaban J connectivity index is 1.96. The second-order valence-electron chi connectivity index (χ2n) is 5.81. The molecule has 132 valence electrons. The summed E-state index contributed by atoms with van der Waals surface area (Å²) in [6.07, 6.45) is 0. The van der Waals surface area contributed by atoms with Crippen LogP contribution >= 0.6 is 11.6 Å². The van der Waals surface area contributed by atoms with Gasteiger partial charge in [0.2, 0.25) is 5.95 Å². The highest BCUT2D eigenvalue weighted by Gasteiger charge is 2.20. The third-order valence-electron chi connectivity index (χ3n) is 4.01. The summed E-state index contributed by atoms with van der Waals surface area (Å²) < 4.78 is 0. The third kappa shape index (κ3) is 4.06. The average Bonchev–Trinajstić information content (AvgIpc) is 2.54. The molecule has 3 N–H and O–H groups in total. The van der Waals surface area contributed by atoms with Crippen LogP contribution in [0.15, 0.2) is 24.3 Å². The summed E-state index contributed by atoms with van der Waals surface area (Å²) in [7, 11) is 2.07. The molecule has 25 heavy (non-hydrogen) atoms. The van der Waals surface area contributed by atoms with E-state index in [4.69, 9.17) is 17.3 Å². The minimum absolute atomic E-state index is 0.00602. The lowest BCUT2D eigenvalue weighted by Gasteiger charge is -2.35. The van der Waals surface area contributed by atoms with E-state index in [1.165, 1.54) is 18.2 Å². The molecule has 9 nitrogen and oxygen atoms in total. The molecule has 0 aliphatic carbocycles. The highest BCUT2D eigenvalue weighted by molar-refractivity contribution is 6.29. The van der Waals surface area contributed by atoms with E-state index in [9.17, 15) is 10.1 Å². The first-order valence-corrected chi connectivity index (χ1v) is 8.09. The number of nitro groups is 1. The summed E-state index contributed by atoms with van der Waals surface area (Å²) in [5, 5.41) is 14.4. The van der Waals surface area contributed by atoms with Crippen molar-refractivity contribution in [2.75, 3.05) is 49.2 Å². The molecule has 1 saturated heterocycles. The molecule has 0 radical (unpaired) electrons. The van der Waals surface area contributed by atoms with Crippen molar-refractivity contribution in [3.8, 4) is 0 Å². The van der Waals surface area contributed by atoms with Crippen molar-refractivity contribution < 1.29 is 4.92 Å². The topological polar surface area (TPSA) is 113 Å². The van der Waals surface area contributed by atoms with Crippen molar-refractivity contribution in [1.82, 2.24) is 14.9 Å². The monoisotopic (exact) mass is 363 g/mol. The van der Waals surface area contributed by atoms with E-state index >= 15 is 0 Å². The molecule has 2 heterocycles. The van der Waals surface area contributed by atoms with Gasteiger partial charge in [-0.25, -0.2) is 4.98 Å². The highest BCUT2D eigenvalue weighted by Crippen LogP contribution is 2.33. The molecular weight excluding hydrogens is 346 g/mol. The SMILES string of the molecule is CN1CCN(c2ccc([N+](=O)[O-])cc2Nc2cc(Cl)nc(N)n2)CC1. The number of likely N-dealkylation sites (N-methyl/N-ethyl adjacent to an activating group) is 1. The molecular formula is C15H18ClN7O2. The molecule has 0 unspecified atom stereocenters. The number of halogens is 1. The summed E-state index contributed by atoms with van der Waals surface area (Å²) in [5.74, 6) is 0.412. The number of nitro benzene ring substituents is 1. The van der Waals surface area contributed by atoms with Gasteiger partial charge in [0.15, 0.2) is 0 Å². The predicted octanol–water partition coefficient (Wildman–Crippen LogP) is 2.12. The Morgan fingerprint density at radius 3 is 2.60 bits per heavy atom. The molecule has 1 aromatic carbocycles. The normalized spacial score (nSPS) is 15.2. The lowest BCUT2D eigenvalue weighted by atomic mass is 10.2. The van der Waals surface area contributed by atoms with Crippen LogP contribution in [0.25, 0.3) is 0 Å². The summed E-state index contributed by atoms with van der Waals surface area (Å²) in [5.41, 5.74) is 7.05. The molecule has 2 aromatic rings. The molecule has 3 rings (SSSR count). The Kier molecular flexibility index (Phi) is 4.86. The van der Waals surface area contributed by atoms with E-state index in [-0.39, 0.29) is 16.8 Å². The van der Waals surface area contributed by atoms with Gasteiger partial charge < -0.3 is 20.9 Å². The Labute approximate surface area is 149 Å². The predicted molar refractivity (Wildman–Crippen MR) is 97.5 cm³/mol. The Hall–Kier alpha value is -2.65. The number of hydrogen-bond donors (Lipinski definition) is 2. The van der Waals surface area contributed by atoms with Gasteiger partial charge in [-0.05, 0) is 13.1 Å². The van der Waals surface area contributed by atoms with Crippen LogP contribution in [-0.4, -0.2) is 53.0 Å². The number of nitrogens with zero attached hydrogens (tertiary/aromatic N) is 5. The first kappa shape index (κ1) is 17.2. The first-order valence-electron chi connectivity index (χ1n) is 7.71. The summed E-state index contributed by atoms with van der Waals surface area (Å²) in [6.45, 7) is 3.50. The number of hydrogen-bond acceptors (Lipinski definition) is 8. The minimum Gasteiger partial charge on any atom is -0.368 e. The molecule has 1 aliphatic rings. The highest BCUT2D eigenvalue weighted by atomic mass is 35.5. The molecule has 1 aliphatic heterocycles. The molecule has 1 aromatic heterocycles. The number of piperazine rings is 1. The lowest BCUT2D eigenvalue weighted by molar-refractivity contribution is -0.384. The first-order chi connectivity index (χ1) is 11.9. The largest absolute Gasteiger partial charge is 0.368 e. The number of non-ortho nitro benzene ring substituents is 1. The van der Waals surface area contributed by atoms with Gasteiger partial charge in [0.1, 0.15) is 11.0 Å². The molecule has 0 saturated carbocycles. The van der Waals surface area contributed by atoms with Crippen molar-refractivity contribution in [3.63, 3.8) is 0 Å². The quantitative estimate of drug-likeness (QED) is 0.482. The minimum atomic E-state index is -0.430. The van der Waals surface area contributed by atoms with E-state index in [0.717, 1.165) is 31.9 Å². The Bertz CT molecular complexity index is 773. The van der Waals surface area contributed by atoms with Crippen molar-refractivity contribution in [2.45, 2.75) is 0 Å². The number of nitrogens with two attached hydrogens (primary N) is 1. The van der Waals surface area contributed by atoms with E-state index in [0.29, 0.717) is 11.5 Å². The van der Waals surface area contributed by atoms with Gasteiger partial charge in [-0.15, -0.1) is 0 Å². The number of anilines is 4. The van der Waals surface area contributed by atoms with Gasteiger partial charge >= 0.3 is 0 Å². The fourth-order valence-corrected chi connectivity index (χ4v) is 2.89. The Morgan fingerprint density at radius 2 is 1.96 bits per heavy atom. The summed E-state index contributed by atoms with van der Waals surface area (Å²) >= 11 is 5.91. The zero-order valence-corrected chi connectivity index (χ0v) is 14.4. The smallest absolute Gasteiger partial charge is 0.271 e. The van der Waals surface area contributed by atoms with Gasteiger partial charge in [0, 0.05) is 44.4 Å². The van der Waals surface area contributed by atoms with E-state index in [1.54, 1.807) is 6.07 Å². The van der Waals surface area contributed by atoms with E-state index < -0.39 is 4.92 Å². The van der Waals surface area contributed by atoms with Crippen LogP contribution in [0.2, 0.25) is 5.15 Å². The van der Waals surface area contributed by atoms with Gasteiger partial charge in [0.25, 0.3) is 5.69 Å². The third-order valence-corrected chi connectivity index (χ3v) is 4.20. The second kappa shape index (κ2) is 7.08. The van der Waals surface area contributed by atoms with Gasteiger partial charge in [0.05, 0.1) is 16.3 Å². The van der Waals surface area contributed by atoms with Gasteiger partial charge in [-0.1, -0.05) is 11.6 Å². The summed E-state index contributed by atoms with van der Waals surface area (Å²) in [6, 6.07) is 6.25. The van der Waals surface area contributed by atoms with Crippen LogP contribution in [0, 0.1) is 10.1 Å². The summed E-state index contributed by atoms with van der Waals surface area (Å²) in [4.78, 5) is 23.0. The van der Waals surface area contributed by atoms with Crippen LogP contribution in [0.5, 0.6) is 0 Å². The van der Waals surface area contributed by atoms with E-state index in [1.807, 2.05) is 0 Å². The Morgan fingerprint density at radius 1 is 1.24 bits per heavy atom. The van der Waals surface area contributed by atoms with Crippen LogP contribution in [0.1, 0.15) is 0 Å². The number of rotatable bonds is 4. The fourth-order valence-electron chi connectivity index (χ4n) is 2.70. The van der Waals surface area contributed by atoms with Gasteiger partial charge in [-0.3, -0.25) is 10.1 Å². The number of aromatic nitrogens is 2.